The summed E-state index contributed by atoms with van der Waals surface area (Å²) < 4.78 is 0. The quantitative estimate of drug-likeness (QED) is 0.194. The number of anilines is 1. The second-order valence-corrected chi connectivity index (χ2v) is 7.19. The van der Waals surface area contributed by atoms with E-state index in [2.05, 4.69) is 36.6 Å². The molecule has 24 heavy (non-hydrogen) atoms. The summed E-state index contributed by atoms with van der Waals surface area (Å²) in [4.78, 5) is 0. The minimum atomic E-state index is 0.986. The van der Waals surface area contributed by atoms with Crippen LogP contribution in [0.3, 0.4) is 0 Å². The van der Waals surface area contributed by atoms with Crippen molar-refractivity contribution in [3.05, 3.63) is 29.8 Å². The van der Waals surface area contributed by atoms with Crippen molar-refractivity contribution >= 4 is 5.69 Å². The maximum atomic E-state index is 5.38. The van der Waals surface area contributed by atoms with E-state index in [4.69, 9.17) is 5.84 Å². The van der Waals surface area contributed by atoms with Gasteiger partial charge in [-0.15, -0.1) is 0 Å². The molecule has 1 aromatic rings. The number of nitrogens with two attached hydrogens (primary N) is 1. The molecule has 0 heterocycles. The van der Waals surface area contributed by atoms with Crippen LogP contribution in [0.5, 0.6) is 0 Å². The standard InChI is InChI=1S/C22H40N2/c1-2-3-4-5-6-7-8-9-10-11-12-13-14-15-16-21-17-19-22(24-23)20-18-21/h17-20,24H,2-16,23H2,1H3. The number of rotatable bonds is 16. The van der Waals surface area contributed by atoms with Crippen molar-refractivity contribution in [2.75, 3.05) is 5.43 Å². The van der Waals surface area contributed by atoms with Gasteiger partial charge in [-0.25, -0.2) is 0 Å². The van der Waals surface area contributed by atoms with Crippen LogP contribution in [0.1, 0.15) is 102 Å². The molecule has 0 amide bonds. The molecule has 0 aliphatic heterocycles. The van der Waals surface area contributed by atoms with Gasteiger partial charge in [0.15, 0.2) is 0 Å². The van der Waals surface area contributed by atoms with Gasteiger partial charge in [0.2, 0.25) is 0 Å². The zero-order valence-electron chi connectivity index (χ0n) is 16.0. The molecule has 0 radical (unpaired) electrons. The number of hydrazine groups is 1. The minimum Gasteiger partial charge on any atom is -0.324 e. The fourth-order valence-corrected chi connectivity index (χ4v) is 3.29. The Morgan fingerprint density at radius 1 is 0.625 bits per heavy atom. The van der Waals surface area contributed by atoms with E-state index < -0.39 is 0 Å². The van der Waals surface area contributed by atoms with Gasteiger partial charge in [-0.3, -0.25) is 5.84 Å². The Balaban J connectivity index is 1.80. The Hall–Kier alpha value is -1.02. The fraction of sp³-hybridized carbons (Fsp3) is 0.727. The molecule has 0 bridgehead atoms. The van der Waals surface area contributed by atoms with Gasteiger partial charge < -0.3 is 5.43 Å². The van der Waals surface area contributed by atoms with Crippen LogP contribution in [0.25, 0.3) is 0 Å². The van der Waals surface area contributed by atoms with Crippen molar-refractivity contribution in [2.45, 2.75) is 103 Å². The molecule has 138 valence electrons. The van der Waals surface area contributed by atoms with Crippen LogP contribution < -0.4 is 11.3 Å². The van der Waals surface area contributed by atoms with Crippen LogP contribution in [0, 0.1) is 0 Å². The molecule has 0 spiro atoms. The Labute approximate surface area is 150 Å². The molecule has 2 heteroatoms. The molecule has 1 aromatic carbocycles. The van der Waals surface area contributed by atoms with Gasteiger partial charge in [-0.05, 0) is 30.5 Å². The summed E-state index contributed by atoms with van der Waals surface area (Å²) in [6.45, 7) is 2.29. The lowest BCUT2D eigenvalue weighted by atomic mass is 10.0. The predicted octanol–water partition coefficient (Wildman–Crippen LogP) is 7.00. The fourth-order valence-electron chi connectivity index (χ4n) is 3.29. The van der Waals surface area contributed by atoms with E-state index in [0.717, 1.165) is 5.69 Å². The third-order valence-electron chi connectivity index (χ3n) is 4.94. The highest BCUT2D eigenvalue weighted by Crippen LogP contribution is 2.14. The molecule has 0 aliphatic rings. The average Bonchev–Trinajstić information content (AvgIpc) is 2.62. The number of nitrogens with one attached hydrogen (secondary N) is 1. The number of unbranched alkanes of at least 4 members (excludes halogenated alkanes) is 13. The summed E-state index contributed by atoms with van der Waals surface area (Å²) in [6.07, 6.45) is 21.1. The van der Waals surface area contributed by atoms with Crippen molar-refractivity contribution in [3.63, 3.8) is 0 Å². The van der Waals surface area contributed by atoms with Crippen LogP contribution in [0.15, 0.2) is 24.3 Å². The van der Waals surface area contributed by atoms with E-state index in [1.807, 2.05) is 0 Å². The van der Waals surface area contributed by atoms with Crippen molar-refractivity contribution < 1.29 is 0 Å². The largest absolute Gasteiger partial charge is 0.324 e. The van der Waals surface area contributed by atoms with Gasteiger partial charge in [0.05, 0.1) is 0 Å². The number of aryl methyl sites for hydroxylation is 1. The predicted molar refractivity (Wildman–Crippen MR) is 108 cm³/mol. The smallest absolute Gasteiger partial charge is 0.0485 e. The zero-order chi connectivity index (χ0) is 17.3. The Morgan fingerprint density at radius 2 is 1.04 bits per heavy atom. The molecule has 3 N–H and O–H groups in total. The topological polar surface area (TPSA) is 38.0 Å². The van der Waals surface area contributed by atoms with Crippen molar-refractivity contribution in [2.24, 2.45) is 5.84 Å². The Kier molecular flexibility index (Phi) is 13.6. The average molecular weight is 333 g/mol. The first-order valence-corrected chi connectivity index (χ1v) is 10.4. The maximum Gasteiger partial charge on any atom is 0.0485 e. The van der Waals surface area contributed by atoms with Crippen LogP contribution in [-0.2, 0) is 6.42 Å². The second-order valence-electron chi connectivity index (χ2n) is 7.19. The van der Waals surface area contributed by atoms with E-state index in [1.165, 1.54) is 102 Å². The van der Waals surface area contributed by atoms with Crippen molar-refractivity contribution in [1.29, 1.82) is 0 Å². The first-order valence-electron chi connectivity index (χ1n) is 10.4. The number of hydrogen-bond donors (Lipinski definition) is 2. The van der Waals surface area contributed by atoms with Gasteiger partial charge in [0, 0.05) is 5.69 Å². The zero-order valence-corrected chi connectivity index (χ0v) is 16.0. The third-order valence-corrected chi connectivity index (χ3v) is 4.94. The second kappa shape index (κ2) is 15.5. The lowest BCUT2D eigenvalue weighted by molar-refractivity contribution is 0.535. The highest BCUT2D eigenvalue weighted by Gasteiger charge is 1.96. The summed E-state index contributed by atoms with van der Waals surface area (Å²) in [5.41, 5.74) is 5.08. The molecule has 0 aliphatic carbocycles. The van der Waals surface area contributed by atoms with Crippen LogP contribution in [0.4, 0.5) is 5.69 Å². The van der Waals surface area contributed by atoms with Gasteiger partial charge in [-0.2, -0.15) is 0 Å². The van der Waals surface area contributed by atoms with Crippen LogP contribution >= 0.6 is 0 Å². The molecule has 0 saturated heterocycles. The first-order chi connectivity index (χ1) is 11.9. The van der Waals surface area contributed by atoms with Gasteiger partial charge in [0.25, 0.3) is 0 Å². The van der Waals surface area contributed by atoms with Gasteiger partial charge in [-0.1, -0.05) is 103 Å². The SMILES string of the molecule is CCCCCCCCCCCCCCCCc1ccc(NN)cc1. The van der Waals surface area contributed by atoms with Crippen molar-refractivity contribution in [3.8, 4) is 0 Å². The summed E-state index contributed by atoms with van der Waals surface area (Å²) in [5, 5.41) is 0. The van der Waals surface area contributed by atoms with E-state index >= 15 is 0 Å². The lowest BCUT2D eigenvalue weighted by Crippen LogP contribution is -2.06. The summed E-state index contributed by atoms with van der Waals surface area (Å²) in [6, 6.07) is 8.47. The highest BCUT2D eigenvalue weighted by molar-refractivity contribution is 5.43. The summed E-state index contributed by atoms with van der Waals surface area (Å²) in [5.74, 6) is 5.38. The number of hydrogen-bond acceptors (Lipinski definition) is 2. The molecule has 0 atom stereocenters. The Morgan fingerprint density at radius 3 is 1.46 bits per heavy atom. The third kappa shape index (κ3) is 11.5. The van der Waals surface area contributed by atoms with E-state index in [0.29, 0.717) is 0 Å². The van der Waals surface area contributed by atoms with Crippen molar-refractivity contribution in [1.82, 2.24) is 0 Å². The van der Waals surface area contributed by atoms with E-state index in [1.54, 1.807) is 0 Å². The molecule has 0 saturated carbocycles. The number of nitrogen functional groups attached to an aromatic ring is 1. The van der Waals surface area contributed by atoms with E-state index in [-0.39, 0.29) is 0 Å². The maximum absolute atomic E-state index is 5.38. The molecule has 1 rings (SSSR count). The molecule has 0 unspecified atom stereocenters. The molecule has 0 fully saturated rings. The Bertz CT molecular complexity index is 372. The highest BCUT2D eigenvalue weighted by atomic mass is 15.2. The van der Waals surface area contributed by atoms with Crippen LogP contribution in [0.2, 0.25) is 0 Å². The molecule has 2 nitrogen and oxygen atoms in total. The number of benzene rings is 1. The van der Waals surface area contributed by atoms with Crippen LogP contribution in [-0.4, -0.2) is 0 Å². The first kappa shape index (κ1) is 21.0. The lowest BCUT2D eigenvalue weighted by Gasteiger charge is -2.05. The normalized spacial score (nSPS) is 10.9. The summed E-state index contributed by atoms with van der Waals surface area (Å²) >= 11 is 0. The molecular weight excluding hydrogens is 292 g/mol. The van der Waals surface area contributed by atoms with E-state index in [9.17, 15) is 0 Å². The summed E-state index contributed by atoms with van der Waals surface area (Å²) in [7, 11) is 0. The van der Waals surface area contributed by atoms with Gasteiger partial charge >= 0.3 is 0 Å². The molecular formula is C22H40N2. The minimum absolute atomic E-state index is 0.986. The monoisotopic (exact) mass is 332 g/mol. The molecule has 0 aromatic heterocycles. The van der Waals surface area contributed by atoms with Gasteiger partial charge in [0.1, 0.15) is 0 Å².